The standard InChI is InChI=1S/C17H30O.C3H6O/c1-4-6-8-10-17(18)16-12-11-15(13-16)14(3)9-7-5-2;1-2-3-4/h5,7,11,14,16-18H,4,6,8-10,12-13H2,1-3H3;3H,2H2,1H3/b7-5+;. The van der Waals surface area contributed by atoms with Crippen LogP contribution in [-0.4, -0.2) is 17.5 Å². The van der Waals surface area contributed by atoms with E-state index < -0.39 is 0 Å². The van der Waals surface area contributed by atoms with Gasteiger partial charge in [0.25, 0.3) is 0 Å². The van der Waals surface area contributed by atoms with Crippen molar-refractivity contribution in [2.45, 2.75) is 85.2 Å². The van der Waals surface area contributed by atoms with Gasteiger partial charge in [0.1, 0.15) is 6.29 Å². The molecule has 128 valence electrons. The smallest absolute Gasteiger partial charge is 0.119 e. The molecule has 1 aliphatic carbocycles. The van der Waals surface area contributed by atoms with Gasteiger partial charge in [-0.2, -0.15) is 0 Å². The lowest BCUT2D eigenvalue weighted by Crippen LogP contribution is -2.18. The average Bonchev–Trinajstić information content (AvgIpc) is 3.03. The van der Waals surface area contributed by atoms with Gasteiger partial charge in [-0.3, -0.25) is 0 Å². The minimum Gasteiger partial charge on any atom is -0.393 e. The van der Waals surface area contributed by atoms with Crippen molar-refractivity contribution in [3.8, 4) is 0 Å². The van der Waals surface area contributed by atoms with Crippen LogP contribution >= 0.6 is 0 Å². The fourth-order valence-electron chi connectivity index (χ4n) is 2.80. The number of aldehydes is 1. The Morgan fingerprint density at radius 3 is 2.59 bits per heavy atom. The molecule has 3 unspecified atom stereocenters. The first-order valence-electron chi connectivity index (χ1n) is 9.02. The maximum atomic E-state index is 10.2. The summed E-state index contributed by atoms with van der Waals surface area (Å²) in [7, 11) is 0. The van der Waals surface area contributed by atoms with Crippen LogP contribution < -0.4 is 0 Å². The molecule has 0 saturated heterocycles. The van der Waals surface area contributed by atoms with E-state index in [4.69, 9.17) is 0 Å². The van der Waals surface area contributed by atoms with Crippen molar-refractivity contribution in [3.63, 3.8) is 0 Å². The SMILES string of the molecule is C/C=C/CC(C)C1=CCC(C(O)CCCCC)C1.CCC=O. The van der Waals surface area contributed by atoms with Crippen LogP contribution in [0.3, 0.4) is 0 Å². The van der Waals surface area contributed by atoms with E-state index in [-0.39, 0.29) is 6.10 Å². The summed E-state index contributed by atoms with van der Waals surface area (Å²) in [6.07, 6.45) is 16.2. The molecule has 0 aromatic heterocycles. The van der Waals surface area contributed by atoms with Crippen LogP contribution in [0.5, 0.6) is 0 Å². The Morgan fingerprint density at radius 1 is 1.36 bits per heavy atom. The van der Waals surface area contributed by atoms with Crippen LogP contribution in [0.2, 0.25) is 0 Å². The number of carbonyl (C=O) groups excluding carboxylic acids is 1. The summed E-state index contributed by atoms with van der Waals surface area (Å²) in [6.45, 7) is 8.41. The molecule has 22 heavy (non-hydrogen) atoms. The zero-order valence-corrected chi connectivity index (χ0v) is 15.1. The van der Waals surface area contributed by atoms with Gasteiger partial charge in [0.15, 0.2) is 0 Å². The minimum atomic E-state index is -0.0841. The second-order valence-corrected chi connectivity index (χ2v) is 6.32. The number of hydrogen-bond donors (Lipinski definition) is 1. The van der Waals surface area contributed by atoms with E-state index in [1.165, 1.54) is 19.3 Å². The minimum absolute atomic E-state index is 0.0841. The number of unbranched alkanes of at least 4 members (excludes halogenated alkanes) is 2. The van der Waals surface area contributed by atoms with E-state index in [1.807, 2.05) is 6.92 Å². The highest BCUT2D eigenvalue weighted by atomic mass is 16.3. The quantitative estimate of drug-likeness (QED) is 0.349. The van der Waals surface area contributed by atoms with Gasteiger partial charge >= 0.3 is 0 Å². The Hall–Kier alpha value is -0.890. The summed E-state index contributed by atoms with van der Waals surface area (Å²) in [5.41, 5.74) is 1.56. The number of hydrogen-bond acceptors (Lipinski definition) is 2. The van der Waals surface area contributed by atoms with Gasteiger partial charge in [-0.1, -0.05) is 63.8 Å². The first-order valence-corrected chi connectivity index (χ1v) is 9.02. The van der Waals surface area contributed by atoms with E-state index in [1.54, 1.807) is 5.57 Å². The monoisotopic (exact) mass is 308 g/mol. The second-order valence-electron chi connectivity index (χ2n) is 6.32. The number of rotatable bonds is 9. The Kier molecular flexibility index (Phi) is 13.2. The van der Waals surface area contributed by atoms with Gasteiger partial charge in [0.05, 0.1) is 6.10 Å². The van der Waals surface area contributed by atoms with Crippen molar-refractivity contribution < 1.29 is 9.90 Å². The molecule has 0 aromatic carbocycles. The third kappa shape index (κ3) is 9.19. The van der Waals surface area contributed by atoms with E-state index in [9.17, 15) is 9.90 Å². The molecule has 2 heteroatoms. The molecule has 0 fully saturated rings. The molecule has 0 saturated carbocycles. The Morgan fingerprint density at radius 2 is 2.05 bits per heavy atom. The van der Waals surface area contributed by atoms with Crippen LogP contribution in [0.1, 0.15) is 79.1 Å². The molecule has 0 bridgehead atoms. The van der Waals surface area contributed by atoms with Crippen LogP contribution in [0.25, 0.3) is 0 Å². The molecule has 1 aliphatic rings. The summed E-state index contributed by atoms with van der Waals surface area (Å²) >= 11 is 0. The highest BCUT2D eigenvalue weighted by Crippen LogP contribution is 2.34. The maximum absolute atomic E-state index is 10.2. The Labute approximate surface area is 137 Å². The normalized spacial score (nSPS) is 20.2. The third-order valence-corrected chi connectivity index (χ3v) is 4.35. The fraction of sp³-hybridized carbons (Fsp3) is 0.750. The van der Waals surface area contributed by atoms with Crippen molar-refractivity contribution >= 4 is 6.29 Å². The lowest BCUT2D eigenvalue weighted by Gasteiger charge is -2.19. The molecule has 0 amide bonds. The van der Waals surface area contributed by atoms with Gasteiger partial charge in [0.2, 0.25) is 0 Å². The zero-order chi connectivity index (χ0) is 16.8. The summed E-state index contributed by atoms with van der Waals surface area (Å²) in [4.78, 5) is 9.17. The van der Waals surface area contributed by atoms with Crippen LogP contribution in [0.4, 0.5) is 0 Å². The highest BCUT2D eigenvalue weighted by molar-refractivity contribution is 5.48. The average molecular weight is 309 g/mol. The largest absolute Gasteiger partial charge is 0.393 e. The van der Waals surface area contributed by atoms with E-state index >= 15 is 0 Å². The molecule has 2 nitrogen and oxygen atoms in total. The first kappa shape index (κ1) is 21.1. The molecular weight excluding hydrogens is 272 g/mol. The van der Waals surface area contributed by atoms with Crippen LogP contribution in [0, 0.1) is 11.8 Å². The predicted molar refractivity (Wildman–Crippen MR) is 95.9 cm³/mol. The summed E-state index contributed by atoms with van der Waals surface area (Å²) < 4.78 is 0. The van der Waals surface area contributed by atoms with E-state index in [0.29, 0.717) is 18.3 Å². The molecule has 3 atom stereocenters. The summed E-state index contributed by atoms with van der Waals surface area (Å²) in [5.74, 6) is 1.14. The molecule has 1 N–H and O–H groups in total. The molecule has 0 spiro atoms. The van der Waals surface area contributed by atoms with Crippen LogP contribution in [0.15, 0.2) is 23.8 Å². The highest BCUT2D eigenvalue weighted by Gasteiger charge is 2.25. The van der Waals surface area contributed by atoms with Crippen molar-refractivity contribution in [3.05, 3.63) is 23.8 Å². The first-order chi connectivity index (χ1) is 10.6. The van der Waals surface area contributed by atoms with Crippen molar-refractivity contribution in [2.24, 2.45) is 11.8 Å². The van der Waals surface area contributed by atoms with Gasteiger partial charge in [-0.05, 0) is 44.4 Å². The third-order valence-electron chi connectivity index (χ3n) is 4.35. The van der Waals surface area contributed by atoms with Gasteiger partial charge in [-0.25, -0.2) is 0 Å². The Balaban J connectivity index is 0.000000980. The molecule has 0 aromatic rings. The molecule has 0 radical (unpaired) electrons. The number of aliphatic hydroxyl groups is 1. The lowest BCUT2D eigenvalue weighted by molar-refractivity contribution is -0.107. The topological polar surface area (TPSA) is 37.3 Å². The lowest BCUT2D eigenvalue weighted by atomic mass is 9.90. The summed E-state index contributed by atoms with van der Waals surface area (Å²) in [5, 5.41) is 10.2. The fourth-order valence-corrected chi connectivity index (χ4v) is 2.80. The van der Waals surface area contributed by atoms with Gasteiger partial charge in [-0.15, -0.1) is 0 Å². The Bertz CT molecular complexity index is 331. The second kappa shape index (κ2) is 13.8. The van der Waals surface area contributed by atoms with Crippen molar-refractivity contribution in [2.75, 3.05) is 0 Å². The molecular formula is C20H36O2. The molecule has 1 rings (SSSR count). The van der Waals surface area contributed by atoms with Crippen molar-refractivity contribution in [1.29, 1.82) is 0 Å². The van der Waals surface area contributed by atoms with E-state index in [0.717, 1.165) is 32.0 Å². The maximum Gasteiger partial charge on any atom is 0.119 e. The number of carbonyl (C=O) groups is 1. The molecule has 0 aliphatic heterocycles. The van der Waals surface area contributed by atoms with Crippen molar-refractivity contribution in [1.82, 2.24) is 0 Å². The van der Waals surface area contributed by atoms with Crippen LogP contribution in [-0.2, 0) is 4.79 Å². The van der Waals surface area contributed by atoms with Gasteiger partial charge < -0.3 is 9.90 Å². The number of allylic oxidation sites excluding steroid dienone is 4. The van der Waals surface area contributed by atoms with E-state index in [2.05, 4.69) is 39.0 Å². The van der Waals surface area contributed by atoms with Gasteiger partial charge in [0, 0.05) is 6.42 Å². The number of aliphatic hydroxyl groups excluding tert-OH is 1. The summed E-state index contributed by atoms with van der Waals surface area (Å²) in [6, 6.07) is 0. The molecule has 0 heterocycles. The zero-order valence-electron chi connectivity index (χ0n) is 15.1. The predicted octanol–water partition coefficient (Wildman–Crippen LogP) is 5.46.